The lowest BCUT2D eigenvalue weighted by atomic mass is 9.93. The molecule has 0 spiro atoms. The molecule has 2 aromatic carbocycles. The van der Waals surface area contributed by atoms with Crippen molar-refractivity contribution < 1.29 is 24.2 Å². The molecule has 8 heteroatoms. The van der Waals surface area contributed by atoms with E-state index in [-0.39, 0.29) is 17.7 Å². The van der Waals surface area contributed by atoms with E-state index in [2.05, 4.69) is 24.5 Å². The fourth-order valence-corrected chi connectivity index (χ4v) is 4.64. The number of hydrogen-bond acceptors (Lipinski definition) is 5. The Bertz CT molecular complexity index is 1170. The van der Waals surface area contributed by atoms with E-state index in [9.17, 15) is 19.5 Å². The summed E-state index contributed by atoms with van der Waals surface area (Å²) in [5, 5.41) is 16.7. The summed E-state index contributed by atoms with van der Waals surface area (Å²) in [4.78, 5) is 43.2. The minimum atomic E-state index is -1.16. The van der Waals surface area contributed by atoms with Crippen LogP contribution in [0.4, 0.5) is 10.5 Å². The van der Waals surface area contributed by atoms with Crippen LogP contribution in [0.5, 0.6) is 5.75 Å². The van der Waals surface area contributed by atoms with Gasteiger partial charge >= 0.3 is 6.09 Å². The second-order valence-corrected chi connectivity index (χ2v) is 12.3. The van der Waals surface area contributed by atoms with Gasteiger partial charge in [-0.3, -0.25) is 9.59 Å². The highest BCUT2D eigenvalue weighted by atomic mass is 16.6. The molecule has 41 heavy (non-hydrogen) atoms. The number of rotatable bonds is 12. The van der Waals surface area contributed by atoms with Gasteiger partial charge in [0.05, 0.1) is 0 Å². The van der Waals surface area contributed by atoms with Crippen LogP contribution in [0.15, 0.2) is 48.5 Å². The molecule has 3 N–H and O–H groups in total. The lowest BCUT2D eigenvalue weighted by Gasteiger charge is -2.40. The number of carbonyl (C=O) groups excluding carboxylic acids is 3. The zero-order chi connectivity index (χ0) is 30.9. The van der Waals surface area contributed by atoms with Crippen LogP contribution in [0.3, 0.4) is 0 Å². The molecule has 4 unspecified atom stereocenters. The van der Waals surface area contributed by atoms with Gasteiger partial charge in [-0.15, -0.1) is 0 Å². The number of phenolic OH excluding ortho intramolecular Hbond substituents is 1. The Labute approximate surface area is 245 Å². The average molecular weight is 568 g/mol. The molecule has 2 aromatic rings. The lowest BCUT2D eigenvalue weighted by molar-refractivity contribution is -0.144. The first-order valence-corrected chi connectivity index (χ1v) is 14.6. The number of ether oxygens (including phenoxy) is 1. The molecule has 8 nitrogen and oxygen atoms in total. The predicted molar refractivity (Wildman–Crippen MR) is 164 cm³/mol. The van der Waals surface area contributed by atoms with Gasteiger partial charge < -0.3 is 25.4 Å². The fourth-order valence-electron chi connectivity index (χ4n) is 4.64. The number of anilines is 1. The smallest absolute Gasteiger partial charge is 0.408 e. The van der Waals surface area contributed by atoms with Crippen LogP contribution in [0, 0.1) is 18.8 Å². The SMILES string of the molecule is CCC(C)C(NC(=O)OC(C)(C)C)C(=O)N(C(C)CCC(C)C)C(C(=O)Nc1ccccc1C)c1ccccc1O. The van der Waals surface area contributed by atoms with Crippen molar-refractivity contribution in [2.75, 3.05) is 5.32 Å². The van der Waals surface area contributed by atoms with Crippen molar-refractivity contribution in [2.45, 2.75) is 105 Å². The number of carbonyl (C=O) groups is 3. The zero-order valence-corrected chi connectivity index (χ0v) is 26.2. The topological polar surface area (TPSA) is 108 Å². The Kier molecular flexibility index (Phi) is 12.2. The van der Waals surface area contributed by atoms with E-state index in [0.29, 0.717) is 30.0 Å². The molecule has 226 valence electrons. The monoisotopic (exact) mass is 567 g/mol. The van der Waals surface area contributed by atoms with E-state index in [0.717, 1.165) is 12.0 Å². The molecule has 2 rings (SSSR count). The predicted octanol–water partition coefficient (Wildman–Crippen LogP) is 6.97. The highest BCUT2D eigenvalue weighted by Gasteiger charge is 2.41. The molecule has 0 saturated carbocycles. The molecule has 0 radical (unpaired) electrons. The average Bonchev–Trinajstić information content (AvgIpc) is 2.89. The van der Waals surface area contributed by atoms with Crippen molar-refractivity contribution in [3.63, 3.8) is 0 Å². The highest BCUT2D eigenvalue weighted by molar-refractivity contribution is 6.00. The van der Waals surface area contributed by atoms with Crippen LogP contribution in [-0.2, 0) is 14.3 Å². The van der Waals surface area contributed by atoms with Crippen molar-refractivity contribution in [2.24, 2.45) is 11.8 Å². The number of hydrogen-bond donors (Lipinski definition) is 3. The van der Waals surface area contributed by atoms with Crippen molar-refractivity contribution in [3.8, 4) is 5.75 Å². The highest BCUT2D eigenvalue weighted by Crippen LogP contribution is 2.34. The number of benzene rings is 2. The van der Waals surface area contributed by atoms with Gasteiger partial charge in [-0.2, -0.15) is 0 Å². The van der Waals surface area contributed by atoms with Crippen molar-refractivity contribution in [3.05, 3.63) is 59.7 Å². The number of aryl methyl sites for hydroxylation is 1. The standard InChI is InChI=1S/C33H49N3O5/c1-10-22(4)28(35-32(40)41-33(7,8)9)31(39)36(24(6)20-19-21(2)3)29(25-16-12-14-18-27(25)37)30(38)34-26-17-13-11-15-23(26)5/h11-18,21-22,24,28-29,37H,10,19-20H2,1-9H3,(H,34,38)(H,35,40). The Balaban J connectivity index is 2.67. The second kappa shape index (κ2) is 14.9. The summed E-state index contributed by atoms with van der Waals surface area (Å²) in [6.45, 7) is 17.1. The molecule has 0 aliphatic carbocycles. The van der Waals surface area contributed by atoms with Crippen molar-refractivity contribution >= 4 is 23.6 Å². The second-order valence-electron chi connectivity index (χ2n) is 12.3. The number of amides is 3. The van der Waals surface area contributed by atoms with Crippen LogP contribution < -0.4 is 10.6 Å². The van der Waals surface area contributed by atoms with E-state index >= 15 is 0 Å². The maximum absolute atomic E-state index is 14.6. The molecule has 3 amide bonds. The molecule has 0 aromatic heterocycles. The summed E-state index contributed by atoms with van der Waals surface area (Å²) >= 11 is 0. The van der Waals surface area contributed by atoms with Gasteiger partial charge in [0, 0.05) is 17.3 Å². The number of aromatic hydroxyl groups is 1. The largest absolute Gasteiger partial charge is 0.508 e. The Morgan fingerprint density at radius 2 is 1.56 bits per heavy atom. The third-order valence-corrected chi connectivity index (χ3v) is 7.20. The molecule has 0 fully saturated rings. The molecule has 0 aliphatic heterocycles. The molecular formula is C33H49N3O5. The fraction of sp³-hybridized carbons (Fsp3) is 0.545. The quantitative estimate of drug-likeness (QED) is 0.257. The molecule has 0 aliphatic rings. The summed E-state index contributed by atoms with van der Waals surface area (Å²) in [7, 11) is 0. The van der Waals surface area contributed by atoms with Gasteiger partial charge in [0.2, 0.25) is 5.91 Å². The van der Waals surface area contributed by atoms with Crippen LogP contribution in [-0.4, -0.2) is 45.6 Å². The van der Waals surface area contributed by atoms with Crippen LogP contribution in [0.25, 0.3) is 0 Å². The lowest BCUT2D eigenvalue weighted by Crippen LogP contribution is -2.57. The Hall–Kier alpha value is -3.55. The maximum Gasteiger partial charge on any atom is 0.408 e. The number of phenols is 1. The Morgan fingerprint density at radius 1 is 0.951 bits per heavy atom. The normalized spacial score (nSPS) is 14.5. The summed E-state index contributed by atoms with van der Waals surface area (Å²) in [5.74, 6) is -0.824. The van der Waals surface area contributed by atoms with Gasteiger partial charge in [-0.05, 0) is 77.0 Å². The summed E-state index contributed by atoms with van der Waals surface area (Å²) in [6.07, 6.45) is 1.36. The third-order valence-electron chi connectivity index (χ3n) is 7.20. The van der Waals surface area contributed by atoms with Crippen LogP contribution >= 0.6 is 0 Å². The summed E-state index contributed by atoms with van der Waals surface area (Å²) < 4.78 is 5.50. The van der Waals surface area contributed by atoms with Crippen molar-refractivity contribution in [1.82, 2.24) is 10.2 Å². The van der Waals surface area contributed by atoms with E-state index in [1.165, 1.54) is 6.07 Å². The number of para-hydroxylation sites is 2. The number of alkyl carbamates (subject to hydrolysis) is 1. The van der Waals surface area contributed by atoms with E-state index < -0.39 is 35.6 Å². The Morgan fingerprint density at radius 3 is 2.12 bits per heavy atom. The molecule has 0 bridgehead atoms. The summed E-state index contributed by atoms with van der Waals surface area (Å²) in [5.41, 5.74) is 1.05. The number of nitrogens with zero attached hydrogens (tertiary/aromatic N) is 1. The van der Waals surface area contributed by atoms with Gasteiger partial charge in [0.1, 0.15) is 23.4 Å². The van der Waals surface area contributed by atoms with E-state index in [1.807, 2.05) is 45.9 Å². The van der Waals surface area contributed by atoms with Gasteiger partial charge in [-0.25, -0.2) is 4.79 Å². The zero-order valence-electron chi connectivity index (χ0n) is 26.2. The molecule has 4 atom stereocenters. The molecular weight excluding hydrogens is 518 g/mol. The van der Waals surface area contributed by atoms with Crippen LogP contribution in [0.2, 0.25) is 0 Å². The first-order chi connectivity index (χ1) is 19.2. The van der Waals surface area contributed by atoms with Gasteiger partial charge in [0.25, 0.3) is 5.91 Å². The van der Waals surface area contributed by atoms with Gasteiger partial charge in [0.15, 0.2) is 0 Å². The van der Waals surface area contributed by atoms with Crippen molar-refractivity contribution in [1.29, 1.82) is 0 Å². The van der Waals surface area contributed by atoms with E-state index in [1.54, 1.807) is 49.9 Å². The minimum Gasteiger partial charge on any atom is -0.508 e. The molecule has 0 saturated heterocycles. The van der Waals surface area contributed by atoms with E-state index in [4.69, 9.17) is 4.74 Å². The maximum atomic E-state index is 14.6. The third kappa shape index (κ3) is 9.80. The summed E-state index contributed by atoms with van der Waals surface area (Å²) in [6, 6.07) is 11.5. The number of nitrogens with one attached hydrogen (secondary N) is 2. The molecule has 0 heterocycles. The first kappa shape index (κ1) is 33.7. The van der Waals surface area contributed by atoms with Gasteiger partial charge in [-0.1, -0.05) is 70.5 Å². The van der Waals surface area contributed by atoms with Crippen LogP contribution in [0.1, 0.15) is 91.8 Å². The minimum absolute atomic E-state index is 0.0912. The first-order valence-electron chi connectivity index (χ1n) is 14.6.